The first kappa shape index (κ1) is 25.6. The topological polar surface area (TPSA) is 69.2 Å². The Kier molecular flexibility index (Phi) is 6.68. The number of ketones is 2. The zero-order valence-corrected chi connectivity index (χ0v) is 22.1. The van der Waals surface area contributed by atoms with Gasteiger partial charge < -0.3 is 4.74 Å². The van der Waals surface area contributed by atoms with Crippen LogP contribution in [0.2, 0.25) is 0 Å². The van der Waals surface area contributed by atoms with E-state index in [0.717, 1.165) is 38.7 Å². The van der Waals surface area contributed by atoms with E-state index in [4.69, 9.17) is 4.74 Å². The summed E-state index contributed by atoms with van der Waals surface area (Å²) in [5.41, 5.74) is 4.66. The summed E-state index contributed by atoms with van der Waals surface area (Å²) < 4.78 is 19.5. The Morgan fingerprint density at radius 2 is 1.55 bits per heavy atom. The highest BCUT2D eigenvalue weighted by Gasteiger charge is 2.54. The van der Waals surface area contributed by atoms with Gasteiger partial charge in [-0.05, 0) is 90.6 Å². The van der Waals surface area contributed by atoms with Crippen molar-refractivity contribution in [1.29, 1.82) is 0 Å². The second kappa shape index (κ2) is 10.5. The number of Topliss-reactive ketones (excluding diaryl/α,β-unsaturated/α-hetero) is 2. The molecule has 0 bridgehead atoms. The quantitative estimate of drug-likeness (QED) is 0.188. The van der Waals surface area contributed by atoms with Crippen LogP contribution in [-0.2, 0) is 22.4 Å². The van der Waals surface area contributed by atoms with Crippen LogP contribution in [0.4, 0.5) is 4.39 Å². The van der Waals surface area contributed by atoms with Crippen LogP contribution in [0.3, 0.4) is 0 Å². The van der Waals surface area contributed by atoms with Crippen molar-refractivity contribution in [3.8, 4) is 22.6 Å². The first-order valence-electron chi connectivity index (χ1n) is 13.3. The van der Waals surface area contributed by atoms with Gasteiger partial charge in [0.25, 0.3) is 0 Å². The number of rotatable bonds is 9. The van der Waals surface area contributed by atoms with Gasteiger partial charge in [-0.25, -0.2) is 4.39 Å². The number of pyridine rings is 2. The second-order valence-corrected chi connectivity index (χ2v) is 10.4. The summed E-state index contributed by atoms with van der Waals surface area (Å²) in [6, 6.07) is 23.2. The largest absolute Gasteiger partial charge is 0.457 e. The first-order chi connectivity index (χ1) is 19.4. The van der Waals surface area contributed by atoms with Gasteiger partial charge in [0.2, 0.25) is 0 Å². The highest BCUT2D eigenvalue weighted by Crippen LogP contribution is 2.49. The third-order valence-corrected chi connectivity index (χ3v) is 7.63. The molecule has 1 aliphatic rings. The Morgan fingerprint density at radius 1 is 0.875 bits per heavy atom. The van der Waals surface area contributed by atoms with Crippen molar-refractivity contribution >= 4 is 22.5 Å². The van der Waals surface area contributed by atoms with Gasteiger partial charge in [-0.15, -0.1) is 0 Å². The molecule has 0 saturated heterocycles. The molecule has 0 unspecified atom stereocenters. The van der Waals surface area contributed by atoms with Gasteiger partial charge in [0.1, 0.15) is 17.3 Å². The van der Waals surface area contributed by atoms with Gasteiger partial charge in [-0.3, -0.25) is 19.6 Å². The highest BCUT2D eigenvalue weighted by molar-refractivity contribution is 6.11. The van der Waals surface area contributed by atoms with E-state index in [1.165, 1.54) is 12.1 Å². The fourth-order valence-corrected chi connectivity index (χ4v) is 5.15. The van der Waals surface area contributed by atoms with E-state index in [1.807, 2.05) is 54.7 Å². The fraction of sp³-hybridized carbons (Fsp3) is 0.176. The van der Waals surface area contributed by atoms with Crippen LogP contribution in [0, 0.1) is 18.2 Å². The van der Waals surface area contributed by atoms with Crippen LogP contribution in [-0.4, -0.2) is 21.5 Å². The predicted octanol–water partition coefficient (Wildman–Crippen LogP) is 7.24. The molecular formula is C34H27FN2O3. The number of ether oxygens (including phenoxy) is 1. The SMILES string of the molecule is Cc1cc2nccc(Oc3ccc(CC(=O)C4(C(=O)Cc5ccc(F)cc5)CC4)cc3)c2cc1-c1cccnc1. The molecule has 0 radical (unpaired) electrons. The molecule has 0 aliphatic heterocycles. The summed E-state index contributed by atoms with van der Waals surface area (Å²) in [6.45, 7) is 2.05. The molecule has 1 aliphatic carbocycles. The molecular weight excluding hydrogens is 503 g/mol. The molecule has 6 heteroatoms. The molecule has 0 atom stereocenters. The fourth-order valence-electron chi connectivity index (χ4n) is 5.15. The van der Waals surface area contributed by atoms with E-state index in [0.29, 0.717) is 24.3 Å². The normalized spacial score (nSPS) is 13.7. The van der Waals surface area contributed by atoms with Gasteiger partial charge in [-0.2, -0.15) is 0 Å². The standard InChI is InChI=1S/C34H27FN2O3/c1-22-17-30-29(20-28(22)25-3-2-15-36-21-25)31(12-16-37-30)40-27-10-6-24(7-11-27)19-33(39)34(13-14-34)32(38)18-23-4-8-26(35)9-5-23/h2-12,15-17,20-21H,13-14,18-19H2,1H3. The van der Waals surface area contributed by atoms with Gasteiger partial charge in [0, 0.05) is 42.4 Å². The lowest BCUT2D eigenvalue weighted by Gasteiger charge is -2.14. The van der Waals surface area contributed by atoms with Crippen LogP contribution in [0.1, 0.15) is 29.5 Å². The average molecular weight is 531 g/mol. The number of halogens is 1. The first-order valence-corrected chi connectivity index (χ1v) is 13.3. The van der Waals surface area contributed by atoms with Crippen molar-refractivity contribution in [2.45, 2.75) is 32.6 Å². The molecule has 0 N–H and O–H groups in total. The number of carbonyl (C=O) groups is 2. The van der Waals surface area contributed by atoms with Crippen LogP contribution in [0.5, 0.6) is 11.5 Å². The van der Waals surface area contributed by atoms with Crippen molar-refractivity contribution in [2.75, 3.05) is 0 Å². The average Bonchev–Trinajstić information content (AvgIpc) is 3.78. The van der Waals surface area contributed by atoms with E-state index in [-0.39, 0.29) is 30.2 Å². The molecule has 5 aromatic rings. The maximum absolute atomic E-state index is 13.2. The summed E-state index contributed by atoms with van der Waals surface area (Å²) in [6.07, 6.45) is 6.79. The molecule has 6 rings (SSSR count). The smallest absolute Gasteiger partial charge is 0.150 e. The van der Waals surface area contributed by atoms with Crippen molar-refractivity contribution in [1.82, 2.24) is 9.97 Å². The predicted molar refractivity (Wildman–Crippen MR) is 152 cm³/mol. The van der Waals surface area contributed by atoms with Crippen LogP contribution in [0.25, 0.3) is 22.0 Å². The van der Waals surface area contributed by atoms with E-state index in [1.54, 1.807) is 24.5 Å². The molecule has 0 amide bonds. The van der Waals surface area contributed by atoms with Crippen molar-refractivity contribution < 1.29 is 18.7 Å². The van der Waals surface area contributed by atoms with Gasteiger partial charge in [-0.1, -0.05) is 30.3 Å². The Hall–Kier alpha value is -4.71. The lowest BCUT2D eigenvalue weighted by atomic mass is 9.88. The summed E-state index contributed by atoms with van der Waals surface area (Å²) >= 11 is 0. The second-order valence-electron chi connectivity index (χ2n) is 10.4. The van der Waals surface area contributed by atoms with E-state index >= 15 is 0 Å². The van der Waals surface area contributed by atoms with Gasteiger partial charge >= 0.3 is 0 Å². The Balaban J connectivity index is 1.16. The molecule has 0 spiro atoms. The number of nitrogens with zero attached hydrogens (tertiary/aromatic N) is 2. The number of aryl methyl sites for hydroxylation is 1. The zero-order valence-electron chi connectivity index (χ0n) is 22.1. The molecule has 5 nitrogen and oxygen atoms in total. The zero-order chi connectivity index (χ0) is 27.7. The molecule has 1 fully saturated rings. The summed E-state index contributed by atoms with van der Waals surface area (Å²) in [7, 11) is 0. The monoisotopic (exact) mass is 530 g/mol. The summed E-state index contributed by atoms with van der Waals surface area (Å²) in [4.78, 5) is 34.9. The minimum absolute atomic E-state index is 0.0632. The maximum Gasteiger partial charge on any atom is 0.150 e. The number of hydrogen-bond donors (Lipinski definition) is 0. The third kappa shape index (κ3) is 5.13. The van der Waals surface area contributed by atoms with Crippen LogP contribution < -0.4 is 4.74 Å². The molecule has 2 aromatic heterocycles. The molecule has 40 heavy (non-hydrogen) atoms. The van der Waals surface area contributed by atoms with E-state index in [2.05, 4.69) is 23.0 Å². The summed E-state index contributed by atoms with van der Waals surface area (Å²) in [5.74, 6) is 0.826. The maximum atomic E-state index is 13.2. The number of aromatic nitrogens is 2. The van der Waals surface area contributed by atoms with Gasteiger partial charge in [0.05, 0.1) is 10.9 Å². The molecule has 2 heterocycles. The van der Waals surface area contributed by atoms with Crippen molar-refractivity contribution in [2.24, 2.45) is 5.41 Å². The third-order valence-electron chi connectivity index (χ3n) is 7.63. The molecule has 1 saturated carbocycles. The lowest BCUT2D eigenvalue weighted by molar-refractivity contribution is -0.133. The Morgan fingerprint density at radius 3 is 2.17 bits per heavy atom. The van der Waals surface area contributed by atoms with Crippen molar-refractivity contribution in [3.05, 3.63) is 120 Å². The highest BCUT2D eigenvalue weighted by atomic mass is 19.1. The summed E-state index contributed by atoms with van der Waals surface area (Å²) in [5, 5.41) is 0.890. The Labute approximate surface area is 231 Å². The van der Waals surface area contributed by atoms with E-state index in [9.17, 15) is 14.0 Å². The number of benzene rings is 3. The van der Waals surface area contributed by atoms with Crippen molar-refractivity contribution in [3.63, 3.8) is 0 Å². The minimum atomic E-state index is -0.913. The lowest BCUT2D eigenvalue weighted by Crippen LogP contribution is -2.28. The van der Waals surface area contributed by atoms with Crippen LogP contribution >= 0.6 is 0 Å². The van der Waals surface area contributed by atoms with E-state index < -0.39 is 5.41 Å². The molecule has 198 valence electrons. The Bertz CT molecular complexity index is 1710. The van der Waals surface area contributed by atoms with Crippen LogP contribution in [0.15, 0.2) is 97.5 Å². The number of fused-ring (bicyclic) bond motifs is 1. The number of hydrogen-bond acceptors (Lipinski definition) is 5. The number of carbonyl (C=O) groups excluding carboxylic acids is 2. The minimum Gasteiger partial charge on any atom is -0.457 e. The molecule has 3 aromatic carbocycles. The van der Waals surface area contributed by atoms with Gasteiger partial charge in [0.15, 0.2) is 11.6 Å².